The molecule has 1 aromatic carbocycles. The molecule has 0 N–H and O–H groups in total. The van der Waals surface area contributed by atoms with Gasteiger partial charge in [-0.2, -0.15) is 0 Å². The molecular formula is C21H33FN4O. The van der Waals surface area contributed by atoms with E-state index in [2.05, 4.69) is 23.9 Å². The molecule has 2 heterocycles. The van der Waals surface area contributed by atoms with Gasteiger partial charge < -0.3 is 9.80 Å². The third-order valence-electron chi connectivity index (χ3n) is 6.33. The number of likely N-dealkylation sites (N-methyl/N-ethyl adjacent to an activating group) is 3. The van der Waals surface area contributed by atoms with Gasteiger partial charge in [-0.15, -0.1) is 0 Å². The number of piperidine rings is 1. The number of hydrogen-bond donors (Lipinski definition) is 0. The molecule has 2 aliphatic heterocycles. The maximum Gasteiger partial charge on any atom is 0.244 e. The van der Waals surface area contributed by atoms with Crippen LogP contribution < -0.4 is 0 Å². The molecule has 0 radical (unpaired) electrons. The number of rotatable bonds is 3. The summed E-state index contributed by atoms with van der Waals surface area (Å²) in [7, 11) is 8.19. The van der Waals surface area contributed by atoms with Gasteiger partial charge in [-0.3, -0.25) is 14.6 Å². The minimum absolute atomic E-state index is 0.0741. The van der Waals surface area contributed by atoms with E-state index in [0.29, 0.717) is 0 Å². The van der Waals surface area contributed by atoms with E-state index in [1.165, 1.54) is 18.6 Å². The number of hydrogen-bond acceptors (Lipinski definition) is 4. The Balaban J connectivity index is 1.73. The lowest BCUT2D eigenvalue weighted by atomic mass is 9.85. The summed E-state index contributed by atoms with van der Waals surface area (Å²) in [6.45, 7) is 4.83. The summed E-state index contributed by atoms with van der Waals surface area (Å²) in [5.74, 6) is -0.224. The largest absolute Gasteiger partial charge is 0.341 e. The first kappa shape index (κ1) is 20.2. The summed E-state index contributed by atoms with van der Waals surface area (Å²) in [6.07, 6.45) is 3.17. The van der Waals surface area contributed by atoms with Crippen molar-refractivity contribution in [1.82, 2.24) is 19.6 Å². The Bertz CT molecular complexity index is 657. The van der Waals surface area contributed by atoms with E-state index >= 15 is 0 Å². The third-order valence-corrected chi connectivity index (χ3v) is 6.33. The molecular weight excluding hydrogens is 343 g/mol. The second kappa shape index (κ2) is 8.25. The van der Waals surface area contributed by atoms with Gasteiger partial charge in [0, 0.05) is 25.2 Å². The van der Waals surface area contributed by atoms with Crippen molar-refractivity contribution in [3.05, 3.63) is 35.6 Å². The Labute approximate surface area is 162 Å². The highest BCUT2D eigenvalue weighted by molar-refractivity contribution is 5.83. The van der Waals surface area contributed by atoms with Crippen LogP contribution in [0.2, 0.25) is 0 Å². The molecule has 0 saturated carbocycles. The van der Waals surface area contributed by atoms with Crippen LogP contribution in [0, 0.1) is 5.82 Å². The third kappa shape index (κ3) is 4.33. The fourth-order valence-corrected chi connectivity index (χ4v) is 4.71. The zero-order valence-electron chi connectivity index (χ0n) is 17.1. The Morgan fingerprint density at radius 2 is 1.85 bits per heavy atom. The fourth-order valence-electron chi connectivity index (χ4n) is 4.71. The molecule has 1 amide bonds. The molecule has 0 aromatic heterocycles. The average Bonchev–Trinajstić information content (AvgIpc) is 2.74. The summed E-state index contributed by atoms with van der Waals surface area (Å²) >= 11 is 0. The number of carbonyl (C=O) groups is 1. The van der Waals surface area contributed by atoms with Gasteiger partial charge in [0.05, 0.1) is 0 Å². The minimum atomic E-state index is -0.440. The quantitative estimate of drug-likeness (QED) is 0.808. The summed E-state index contributed by atoms with van der Waals surface area (Å²) in [5, 5.41) is 0. The predicted octanol–water partition coefficient (Wildman–Crippen LogP) is 2.06. The van der Waals surface area contributed by atoms with Gasteiger partial charge in [-0.1, -0.05) is 12.1 Å². The Morgan fingerprint density at radius 1 is 1.15 bits per heavy atom. The van der Waals surface area contributed by atoms with Gasteiger partial charge in [0.1, 0.15) is 11.9 Å². The summed E-state index contributed by atoms with van der Waals surface area (Å²) in [5.41, 5.74) is 0.880. The van der Waals surface area contributed by atoms with E-state index in [0.717, 1.165) is 51.1 Å². The maximum absolute atomic E-state index is 13.7. The lowest BCUT2D eigenvalue weighted by molar-refractivity contribution is -0.139. The standard InChI is InChI=1S/C21H33FN4O/c1-23(2)19(17-7-5-8-18(22)15-17)20(27)26-13-9-21(10-14-26)16-24(3)11-6-12-25(21)4/h5,7-8,15,19H,6,9-14,16H2,1-4H3. The van der Waals surface area contributed by atoms with Crippen molar-refractivity contribution in [3.8, 4) is 0 Å². The molecule has 27 heavy (non-hydrogen) atoms. The highest BCUT2D eigenvalue weighted by Crippen LogP contribution is 2.32. The summed E-state index contributed by atoms with van der Waals surface area (Å²) in [4.78, 5) is 22.1. The van der Waals surface area contributed by atoms with Crippen LogP contribution in [0.25, 0.3) is 0 Å². The van der Waals surface area contributed by atoms with Crippen LogP contribution in [0.1, 0.15) is 30.9 Å². The van der Waals surface area contributed by atoms with Gasteiger partial charge >= 0.3 is 0 Å². The fraction of sp³-hybridized carbons (Fsp3) is 0.667. The molecule has 2 fully saturated rings. The van der Waals surface area contributed by atoms with E-state index < -0.39 is 6.04 Å². The van der Waals surface area contributed by atoms with Crippen LogP contribution >= 0.6 is 0 Å². The van der Waals surface area contributed by atoms with E-state index in [1.807, 2.05) is 30.0 Å². The smallest absolute Gasteiger partial charge is 0.244 e. The van der Waals surface area contributed by atoms with E-state index in [-0.39, 0.29) is 17.3 Å². The van der Waals surface area contributed by atoms with Crippen molar-refractivity contribution in [3.63, 3.8) is 0 Å². The van der Waals surface area contributed by atoms with Gasteiger partial charge in [0.2, 0.25) is 5.91 Å². The Morgan fingerprint density at radius 3 is 2.48 bits per heavy atom. The van der Waals surface area contributed by atoms with E-state index in [4.69, 9.17) is 0 Å². The second-order valence-electron chi connectivity index (χ2n) is 8.48. The van der Waals surface area contributed by atoms with Crippen molar-refractivity contribution in [2.75, 3.05) is 60.9 Å². The molecule has 0 aliphatic carbocycles. The molecule has 5 nitrogen and oxygen atoms in total. The molecule has 6 heteroatoms. The SMILES string of the molecule is CN1CCCN(C)C2(CCN(C(=O)C(c3cccc(F)c3)N(C)C)CC2)C1. The van der Waals surface area contributed by atoms with Crippen LogP contribution in [0.3, 0.4) is 0 Å². The van der Waals surface area contributed by atoms with Gasteiger partial charge in [0.15, 0.2) is 0 Å². The monoisotopic (exact) mass is 376 g/mol. The van der Waals surface area contributed by atoms with E-state index in [9.17, 15) is 9.18 Å². The van der Waals surface area contributed by atoms with Crippen LogP contribution in [0.5, 0.6) is 0 Å². The number of halogens is 1. The maximum atomic E-state index is 13.7. The van der Waals surface area contributed by atoms with Crippen molar-refractivity contribution in [1.29, 1.82) is 0 Å². The molecule has 3 rings (SSSR count). The van der Waals surface area contributed by atoms with Crippen LogP contribution in [0.4, 0.5) is 4.39 Å². The second-order valence-corrected chi connectivity index (χ2v) is 8.48. The minimum Gasteiger partial charge on any atom is -0.341 e. The van der Waals surface area contributed by atoms with Crippen LogP contribution in [0.15, 0.2) is 24.3 Å². The number of amides is 1. The van der Waals surface area contributed by atoms with Crippen LogP contribution in [-0.2, 0) is 4.79 Å². The Hall–Kier alpha value is -1.50. The zero-order chi connectivity index (χ0) is 19.6. The molecule has 1 aromatic rings. The van der Waals surface area contributed by atoms with Gasteiger partial charge in [-0.25, -0.2) is 4.39 Å². The van der Waals surface area contributed by atoms with Gasteiger partial charge in [-0.05, 0) is 78.2 Å². The lowest BCUT2D eigenvalue weighted by Crippen LogP contribution is -2.59. The van der Waals surface area contributed by atoms with Crippen molar-refractivity contribution in [2.45, 2.75) is 30.8 Å². The number of likely N-dealkylation sites (tertiary alicyclic amines) is 1. The highest BCUT2D eigenvalue weighted by Gasteiger charge is 2.42. The molecule has 1 unspecified atom stereocenters. The first-order chi connectivity index (χ1) is 12.8. The molecule has 2 saturated heterocycles. The van der Waals surface area contributed by atoms with E-state index in [1.54, 1.807) is 6.07 Å². The molecule has 0 bridgehead atoms. The Kier molecular flexibility index (Phi) is 6.18. The van der Waals surface area contributed by atoms with Crippen molar-refractivity contribution >= 4 is 5.91 Å². The zero-order valence-corrected chi connectivity index (χ0v) is 17.1. The first-order valence-electron chi connectivity index (χ1n) is 9.93. The lowest BCUT2D eigenvalue weighted by Gasteiger charge is -2.48. The molecule has 150 valence electrons. The first-order valence-corrected chi connectivity index (χ1v) is 9.93. The topological polar surface area (TPSA) is 30.0 Å². The molecule has 1 spiro atoms. The van der Waals surface area contributed by atoms with Crippen molar-refractivity contribution in [2.24, 2.45) is 0 Å². The highest BCUT2D eigenvalue weighted by atomic mass is 19.1. The molecule has 1 atom stereocenters. The summed E-state index contributed by atoms with van der Waals surface area (Å²) in [6, 6.07) is 5.97. The van der Waals surface area contributed by atoms with Crippen molar-refractivity contribution < 1.29 is 9.18 Å². The van der Waals surface area contributed by atoms with Gasteiger partial charge in [0.25, 0.3) is 0 Å². The number of nitrogens with zero attached hydrogens (tertiary/aromatic N) is 4. The normalized spacial score (nSPS) is 22.8. The van der Waals surface area contributed by atoms with Crippen LogP contribution in [-0.4, -0.2) is 92.0 Å². The molecule has 2 aliphatic rings. The number of benzene rings is 1. The summed E-state index contributed by atoms with van der Waals surface area (Å²) < 4.78 is 13.7. The average molecular weight is 377 g/mol. The predicted molar refractivity (Wildman–Crippen MR) is 106 cm³/mol. The number of carbonyl (C=O) groups excluding carboxylic acids is 1.